The van der Waals surface area contributed by atoms with Crippen LogP contribution in [0.3, 0.4) is 0 Å². The van der Waals surface area contributed by atoms with Gasteiger partial charge < -0.3 is 0 Å². The lowest BCUT2D eigenvalue weighted by Crippen LogP contribution is -2.10. The Hall–Kier alpha value is -1.10. The van der Waals surface area contributed by atoms with Crippen molar-refractivity contribution in [1.82, 2.24) is 0 Å². The first-order chi connectivity index (χ1) is 4.30. The highest BCUT2D eigenvalue weighted by Crippen LogP contribution is 2.06. The first-order valence-corrected chi connectivity index (χ1v) is 2.53. The minimum absolute atomic E-state index is 0. The second-order valence-corrected chi connectivity index (χ2v) is 1.62. The average Bonchev–Trinajstić information content (AvgIpc) is 1.90. The summed E-state index contributed by atoms with van der Waals surface area (Å²) < 4.78 is 0. The van der Waals surface area contributed by atoms with E-state index < -0.39 is 0 Å². The molecule has 0 bridgehead atoms. The van der Waals surface area contributed by atoms with Crippen molar-refractivity contribution in [1.29, 1.82) is 0 Å². The molecule has 0 spiro atoms. The molecule has 54 valence electrons. The summed E-state index contributed by atoms with van der Waals surface area (Å²) in [6.07, 6.45) is 0. The third-order valence-electron chi connectivity index (χ3n) is 0.987. The molecule has 10 heavy (non-hydrogen) atoms. The molecule has 4 heteroatoms. The molecule has 0 unspecified atom stereocenters. The highest BCUT2D eigenvalue weighted by molar-refractivity contribution is 5.39. The SMILES string of the molecule is ON(O)c1ccccc1.[O]. The summed E-state index contributed by atoms with van der Waals surface area (Å²) >= 11 is 0. The van der Waals surface area contributed by atoms with Gasteiger partial charge in [-0.1, -0.05) is 18.2 Å². The van der Waals surface area contributed by atoms with Gasteiger partial charge in [-0.05, 0) is 12.1 Å². The van der Waals surface area contributed by atoms with Crippen molar-refractivity contribution < 1.29 is 15.9 Å². The normalized spacial score (nSPS) is 8.20. The maximum atomic E-state index is 8.41. The molecule has 0 aliphatic rings. The standard InChI is InChI=1S/C6H7NO2.O/c8-7(9)6-4-2-1-3-5-6;/h1-5,8-9H;. The molecular weight excluding hydrogens is 134 g/mol. The van der Waals surface area contributed by atoms with E-state index in [-0.39, 0.29) is 10.7 Å². The lowest BCUT2D eigenvalue weighted by Gasteiger charge is -2.05. The van der Waals surface area contributed by atoms with E-state index in [1.54, 1.807) is 30.3 Å². The molecule has 0 aromatic heterocycles. The summed E-state index contributed by atoms with van der Waals surface area (Å²) in [5.74, 6) is 0. The summed E-state index contributed by atoms with van der Waals surface area (Å²) in [6.45, 7) is 0. The maximum Gasteiger partial charge on any atom is 0.0942 e. The summed E-state index contributed by atoms with van der Waals surface area (Å²) in [5, 5.41) is 16.9. The van der Waals surface area contributed by atoms with Crippen molar-refractivity contribution in [2.75, 3.05) is 5.23 Å². The van der Waals surface area contributed by atoms with Crippen LogP contribution in [0.15, 0.2) is 30.3 Å². The fourth-order valence-corrected chi connectivity index (χ4v) is 0.561. The van der Waals surface area contributed by atoms with Crippen molar-refractivity contribution in [2.24, 2.45) is 0 Å². The Morgan fingerprint density at radius 2 is 1.50 bits per heavy atom. The topological polar surface area (TPSA) is 72.2 Å². The van der Waals surface area contributed by atoms with Gasteiger partial charge in [0, 0.05) is 5.48 Å². The summed E-state index contributed by atoms with van der Waals surface area (Å²) in [7, 11) is 0. The smallest absolute Gasteiger partial charge is 0.0942 e. The van der Waals surface area contributed by atoms with Crippen LogP contribution in [0.25, 0.3) is 0 Å². The van der Waals surface area contributed by atoms with Crippen molar-refractivity contribution in [2.45, 2.75) is 0 Å². The lowest BCUT2D eigenvalue weighted by molar-refractivity contribution is 0.0291. The van der Waals surface area contributed by atoms with Gasteiger partial charge in [0.1, 0.15) is 0 Å². The number of para-hydroxylation sites is 1. The molecule has 0 heterocycles. The molecule has 1 rings (SSSR count). The fraction of sp³-hybridized carbons (Fsp3) is 0. The number of hydrogen-bond acceptors (Lipinski definition) is 3. The first kappa shape index (κ1) is 8.90. The molecule has 4 nitrogen and oxygen atoms in total. The van der Waals surface area contributed by atoms with Crippen LogP contribution < -0.4 is 5.23 Å². The number of anilines is 1. The number of hydrogen-bond donors (Lipinski definition) is 2. The van der Waals surface area contributed by atoms with Crippen LogP contribution in [0.5, 0.6) is 0 Å². The van der Waals surface area contributed by atoms with Crippen LogP contribution in [-0.4, -0.2) is 10.4 Å². The van der Waals surface area contributed by atoms with Gasteiger partial charge in [-0.15, -0.1) is 5.23 Å². The van der Waals surface area contributed by atoms with Gasteiger partial charge in [0.15, 0.2) is 0 Å². The maximum absolute atomic E-state index is 8.41. The summed E-state index contributed by atoms with van der Waals surface area (Å²) in [5.41, 5.74) is 0.359. The molecule has 0 amide bonds. The van der Waals surface area contributed by atoms with Crippen LogP contribution >= 0.6 is 0 Å². The van der Waals surface area contributed by atoms with Crippen molar-refractivity contribution in [3.05, 3.63) is 30.3 Å². The molecule has 2 N–H and O–H groups in total. The highest BCUT2D eigenvalue weighted by atomic mass is 16.8. The summed E-state index contributed by atoms with van der Waals surface area (Å²) in [4.78, 5) is 0. The quantitative estimate of drug-likeness (QED) is 0.576. The number of benzene rings is 1. The zero-order valence-corrected chi connectivity index (χ0v) is 5.14. The van der Waals surface area contributed by atoms with Crippen LogP contribution in [0.2, 0.25) is 0 Å². The van der Waals surface area contributed by atoms with Gasteiger partial charge in [-0.2, -0.15) is 0 Å². The Labute approximate surface area is 58.2 Å². The van der Waals surface area contributed by atoms with E-state index in [0.29, 0.717) is 5.69 Å². The van der Waals surface area contributed by atoms with Crippen LogP contribution in [0.1, 0.15) is 0 Å². The van der Waals surface area contributed by atoms with Gasteiger partial charge in [0.2, 0.25) is 0 Å². The van der Waals surface area contributed by atoms with E-state index >= 15 is 0 Å². The Balaban J connectivity index is 0.000000810. The molecule has 0 fully saturated rings. The Morgan fingerprint density at radius 1 is 1.00 bits per heavy atom. The highest BCUT2D eigenvalue weighted by Gasteiger charge is 1.92. The van der Waals surface area contributed by atoms with E-state index in [9.17, 15) is 0 Å². The van der Waals surface area contributed by atoms with E-state index in [1.165, 1.54) is 0 Å². The molecular formula is C6H7NO3. The predicted octanol–water partition coefficient (Wildman–Crippen LogP) is 1.15. The van der Waals surface area contributed by atoms with E-state index in [4.69, 9.17) is 10.4 Å². The minimum Gasteiger partial charge on any atom is -0.264 e. The zero-order chi connectivity index (χ0) is 6.69. The second-order valence-electron chi connectivity index (χ2n) is 1.62. The van der Waals surface area contributed by atoms with Crippen molar-refractivity contribution >= 4 is 5.69 Å². The van der Waals surface area contributed by atoms with Gasteiger partial charge in [-0.25, -0.2) is 0 Å². The van der Waals surface area contributed by atoms with Crippen LogP contribution in [0.4, 0.5) is 5.69 Å². The van der Waals surface area contributed by atoms with E-state index in [0.717, 1.165) is 0 Å². The van der Waals surface area contributed by atoms with Crippen LogP contribution in [-0.2, 0) is 5.48 Å². The number of nitrogens with zero attached hydrogens (tertiary/aromatic N) is 1. The molecule has 2 radical (unpaired) electrons. The monoisotopic (exact) mass is 141 g/mol. The van der Waals surface area contributed by atoms with Crippen molar-refractivity contribution in [3.63, 3.8) is 0 Å². The third-order valence-corrected chi connectivity index (χ3v) is 0.987. The zero-order valence-electron chi connectivity index (χ0n) is 5.14. The average molecular weight is 141 g/mol. The Kier molecular flexibility index (Phi) is 3.42. The Morgan fingerprint density at radius 3 is 1.80 bits per heavy atom. The van der Waals surface area contributed by atoms with Gasteiger partial charge >= 0.3 is 0 Å². The molecule has 0 aliphatic heterocycles. The Bertz CT molecular complexity index is 176. The van der Waals surface area contributed by atoms with Gasteiger partial charge in [0.25, 0.3) is 0 Å². The second kappa shape index (κ2) is 3.84. The number of rotatable bonds is 1. The molecule has 1 aromatic rings. The van der Waals surface area contributed by atoms with Crippen LogP contribution in [0, 0.1) is 0 Å². The van der Waals surface area contributed by atoms with Crippen molar-refractivity contribution in [3.8, 4) is 0 Å². The first-order valence-electron chi connectivity index (χ1n) is 2.53. The third kappa shape index (κ3) is 2.02. The largest absolute Gasteiger partial charge is 0.264 e. The van der Waals surface area contributed by atoms with Gasteiger partial charge in [0.05, 0.1) is 5.69 Å². The predicted molar refractivity (Wildman–Crippen MR) is 33.2 cm³/mol. The van der Waals surface area contributed by atoms with E-state index in [1.807, 2.05) is 0 Å². The minimum atomic E-state index is 0. The molecule has 0 saturated heterocycles. The summed E-state index contributed by atoms with van der Waals surface area (Å²) in [6, 6.07) is 8.40. The van der Waals surface area contributed by atoms with Gasteiger partial charge in [-0.3, -0.25) is 10.4 Å². The fourth-order valence-electron chi connectivity index (χ4n) is 0.561. The lowest BCUT2D eigenvalue weighted by atomic mass is 10.3. The molecule has 0 saturated carbocycles. The molecule has 0 aliphatic carbocycles. The van der Waals surface area contributed by atoms with E-state index in [2.05, 4.69) is 0 Å². The molecule has 1 aromatic carbocycles. The molecule has 0 atom stereocenters.